The molecule has 2 nitrogen and oxygen atoms in total. The first-order chi connectivity index (χ1) is 23.7. The summed E-state index contributed by atoms with van der Waals surface area (Å²) < 4.78 is 2.53. The number of rotatable bonds is 30. The van der Waals surface area contributed by atoms with E-state index in [0.717, 1.165) is 13.0 Å². The first-order valence-corrected chi connectivity index (χ1v) is 20.8. The number of aromatic nitrogens is 2. The topological polar surface area (TPSA) is 17.8 Å². The highest BCUT2D eigenvalue weighted by Crippen LogP contribution is 2.44. The fourth-order valence-corrected chi connectivity index (χ4v) is 7.95. The summed E-state index contributed by atoms with van der Waals surface area (Å²) in [7, 11) is 0. The molecule has 268 valence electrons. The van der Waals surface area contributed by atoms with Crippen molar-refractivity contribution in [2.75, 3.05) is 0 Å². The van der Waals surface area contributed by atoms with Crippen LogP contribution in [0.3, 0.4) is 0 Å². The summed E-state index contributed by atoms with van der Waals surface area (Å²) in [6, 6.07) is 22.6. The Labute approximate surface area is 297 Å². The van der Waals surface area contributed by atoms with Gasteiger partial charge in [0.15, 0.2) is 0 Å². The smallest absolute Gasteiger partial charge is 0.112 e. The lowest BCUT2D eigenvalue weighted by Gasteiger charge is -2.39. The Morgan fingerprint density at radius 2 is 0.979 bits per heavy atom. The molecule has 3 rings (SSSR count). The van der Waals surface area contributed by atoms with Crippen LogP contribution < -0.4 is 0 Å². The van der Waals surface area contributed by atoms with Crippen molar-refractivity contribution in [1.29, 1.82) is 0 Å². The number of nitrogens with zero attached hydrogens (tertiary/aromatic N) is 2. The van der Waals surface area contributed by atoms with Gasteiger partial charge in [-0.2, -0.15) is 0 Å². The van der Waals surface area contributed by atoms with Crippen LogP contribution in [-0.2, 0) is 18.4 Å². The molecule has 48 heavy (non-hydrogen) atoms. The van der Waals surface area contributed by atoms with Gasteiger partial charge in [0.1, 0.15) is 5.82 Å². The van der Waals surface area contributed by atoms with Gasteiger partial charge in [0.05, 0.1) is 0 Å². The summed E-state index contributed by atoms with van der Waals surface area (Å²) in [6.45, 7) is 8.24. The third-order valence-electron chi connectivity index (χ3n) is 11.0. The molecule has 0 radical (unpaired) electrons. The van der Waals surface area contributed by atoms with Crippen LogP contribution in [0.4, 0.5) is 0 Å². The predicted molar refractivity (Wildman–Crippen MR) is 211 cm³/mol. The molecule has 0 aliphatic carbocycles. The van der Waals surface area contributed by atoms with Crippen LogP contribution in [0.1, 0.15) is 198 Å². The average Bonchev–Trinajstić information content (AvgIpc) is 3.58. The van der Waals surface area contributed by atoms with Crippen molar-refractivity contribution < 1.29 is 0 Å². The third-order valence-corrected chi connectivity index (χ3v) is 11.0. The van der Waals surface area contributed by atoms with Gasteiger partial charge in [-0.1, -0.05) is 223 Å². The van der Waals surface area contributed by atoms with E-state index in [4.69, 9.17) is 4.98 Å². The van der Waals surface area contributed by atoms with Gasteiger partial charge in [-0.25, -0.2) is 4.98 Å². The molecule has 0 bridgehead atoms. The molecule has 0 aliphatic rings. The molecule has 2 aromatic carbocycles. The summed E-state index contributed by atoms with van der Waals surface area (Å²) in [4.78, 5) is 5.16. The van der Waals surface area contributed by atoms with Crippen molar-refractivity contribution in [2.24, 2.45) is 0 Å². The zero-order valence-electron chi connectivity index (χ0n) is 31.8. The Balaban J connectivity index is 1.59. The molecule has 0 aliphatic heterocycles. The number of imidazole rings is 1. The monoisotopic (exact) mass is 655 g/mol. The first kappa shape index (κ1) is 40.1. The van der Waals surface area contributed by atoms with Crippen LogP contribution in [0.5, 0.6) is 0 Å². The molecule has 2 unspecified atom stereocenters. The van der Waals surface area contributed by atoms with E-state index in [1.807, 2.05) is 0 Å². The van der Waals surface area contributed by atoms with Crippen molar-refractivity contribution in [3.8, 4) is 0 Å². The second-order valence-corrected chi connectivity index (χ2v) is 15.2. The summed E-state index contributed by atoms with van der Waals surface area (Å²) >= 11 is 0. The van der Waals surface area contributed by atoms with E-state index >= 15 is 0 Å². The van der Waals surface area contributed by atoms with Crippen LogP contribution >= 0.6 is 0 Å². The number of aryl methyl sites for hydroxylation is 1. The van der Waals surface area contributed by atoms with Crippen LogP contribution in [0.2, 0.25) is 0 Å². The van der Waals surface area contributed by atoms with E-state index in [9.17, 15) is 0 Å². The van der Waals surface area contributed by atoms with Gasteiger partial charge < -0.3 is 4.57 Å². The van der Waals surface area contributed by atoms with E-state index in [1.54, 1.807) is 0 Å². The highest BCUT2D eigenvalue weighted by molar-refractivity contribution is 5.33. The fourth-order valence-electron chi connectivity index (χ4n) is 7.95. The van der Waals surface area contributed by atoms with E-state index in [-0.39, 0.29) is 5.41 Å². The molecule has 0 fully saturated rings. The molecule has 3 aromatic rings. The summed E-state index contributed by atoms with van der Waals surface area (Å²) in [5.41, 5.74) is 2.84. The van der Waals surface area contributed by atoms with E-state index in [2.05, 4.69) is 98.4 Å². The quantitative estimate of drug-likeness (QED) is 0.0654. The molecule has 0 amide bonds. The summed E-state index contributed by atoms with van der Waals surface area (Å²) in [5, 5.41) is 0. The van der Waals surface area contributed by atoms with Crippen molar-refractivity contribution in [1.82, 2.24) is 9.55 Å². The summed E-state index contributed by atoms with van der Waals surface area (Å²) in [5.74, 6) is 1.69. The number of hydrogen-bond donors (Lipinski definition) is 0. The van der Waals surface area contributed by atoms with Crippen LogP contribution in [-0.4, -0.2) is 9.55 Å². The minimum absolute atomic E-state index is 0.0272. The van der Waals surface area contributed by atoms with E-state index < -0.39 is 0 Å². The van der Waals surface area contributed by atoms with E-state index in [1.165, 1.54) is 171 Å². The number of unbranched alkanes of at least 4 members (excludes halogenated alkanes) is 21. The molecule has 0 saturated carbocycles. The average molecular weight is 655 g/mol. The fraction of sp³-hybridized carbons (Fsp3) is 0.674. The Bertz CT molecular complexity index is 1140. The van der Waals surface area contributed by atoms with Crippen LogP contribution in [0.25, 0.3) is 0 Å². The Hall–Kier alpha value is -2.35. The van der Waals surface area contributed by atoms with Crippen molar-refractivity contribution in [3.05, 3.63) is 90.0 Å². The molecule has 2 atom stereocenters. The highest BCUT2D eigenvalue weighted by atomic mass is 15.1. The van der Waals surface area contributed by atoms with Crippen molar-refractivity contribution in [2.45, 2.75) is 199 Å². The molecule has 1 aromatic heterocycles. The van der Waals surface area contributed by atoms with Crippen molar-refractivity contribution in [3.63, 3.8) is 0 Å². The zero-order valence-corrected chi connectivity index (χ0v) is 31.8. The van der Waals surface area contributed by atoms with Gasteiger partial charge in [0.25, 0.3) is 0 Å². The maximum atomic E-state index is 5.16. The lowest BCUT2D eigenvalue weighted by atomic mass is 9.66. The number of benzene rings is 2. The van der Waals surface area contributed by atoms with Crippen LogP contribution in [0.15, 0.2) is 73.1 Å². The molecule has 0 spiro atoms. The van der Waals surface area contributed by atoms with Gasteiger partial charge >= 0.3 is 0 Å². The molecule has 1 heterocycles. The second-order valence-electron chi connectivity index (χ2n) is 15.2. The highest BCUT2D eigenvalue weighted by Gasteiger charge is 2.39. The molecule has 0 saturated heterocycles. The third kappa shape index (κ3) is 15.5. The minimum atomic E-state index is -0.0272. The maximum absolute atomic E-state index is 5.16. The normalized spacial score (nSPS) is 13.5. The van der Waals surface area contributed by atoms with Crippen LogP contribution in [0, 0.1) is 0 Å². The van der Waals surface area contributed by atoms with Gasteiger partial charge in [-0.05, 0) is 30.4 Å². The molecule has 0 N–H and O–H groups in total. The Morgan fingerprint density at radius 1 is 0.542 bits per heavy atom. The largest absolute Gasteiger partial charge is 0.335 e. The second kappa shape index (κ2) is 25.6. The lowest BCUT2D eigenvalue weighted by molar-refractivity contribution is 0.321. The molecular formula is C46H74N2. The molecular weight excluding hydrogens is 581 g/mol. The maximum Gasteiger partial charge on any atom is 0.112 e. The van der Waals surface area contributed by atoms with Crippen molar-refractivity contribution >= 4 is 0 Å². The Morgan fingerprint density at radius 3 is 1.48 bits per heavy atom. The molecule has 2 heteroatoms. The first-order valence-electron chi connectivity index (χ1n) is 20.8. The predicted octanol–water partition coefficient (Wildman–Crippen LogP) is 14.6. The van der Waals surface area contributed by atoms with Gasteiger partial charge in [-0.15, -0.1) is 0 Å². The summed E-state index contributed by atoms with van der Waals surface area (Å²) in [6.07, 6.45) is 38.6. The van der Waals surface area contributed by atoms with Gasteiger partial charge in [-0.3, -0.25) is 0 Å². The standard InChI is InChI=1S/C46H74N2/c1-4-6-8-10-12-14-16-17-18-19-21-23-31-37-44(46(3,43-35-29-26-30-36-43)41-42-33-27-25-28-34-42)45-47-38-40-48(45)39-32-24-22-20-15-13-11-9-7-5-2/h25-30,33-36,38,40,44H,4-24,31-32,37,39,41H2,1-3H3. The zero-order chi connectivity index (χ0) is 34.0. The SMILES string of the molecule is CCCCCCCCCCCCCCCC(c1nccn1CCCCCCCCCCCC)C(C)(Cc1ccccc1)c1ccccc1. The number of hydrogen-bond acceptors (Lipinski definition) is 1. The van der Waals surface area contributed by atoms with Gasteiger partial charge in [0, 0.05) is 30.3 Å². The van der Waals surface area contributed by atoms with Gasteiger partial charge in [0.2, 0.25) is 0 Å². The minimum Gasteiger partial charge on any atom is -0.335 e. The Kier molecular flexibility index (Phi) is 21.4. The van der Waals surface area contributed by atoms with E-state index in [0.29, 0.717) is 5.92 Å². The lowest BCUT2D eigenvalue weighted by Crippen LogP contribution is -2.35.